The molecule has 1 unspecified atom stereocenters. The van der Waals surface area contributed by atoms with Crippen LogP contribution in [-0.4, -0.2) is 10.2 Å². The highest BCUT2D eigenvalue weighted by Gasteiger charge is 2.05. The van der Waals surface area contributed by atoms with Crippen molar-refractivity contribution >= 4 is 5.69 Å². The Balaban J connectivity index is 2.12. The molecule has 0 amide bonds. The van der Waals surface area contributed by atoms with Crippen LogP contribution in [0.1, 0.15) is 24.2 Å². The highest BCUT2D eigenvalue weighted by molar-refractivity contribution is 5.50. The molecule has 0 saturated carbocycles. The van der Waals surface area contributed by atoms with Gasteiger partial charge in [-0.2, -0.15) is 5.10 Å². The molecule has 80 valence electrons. The fourth-order valence-corrected chi connectivity index (χ4v) is 1.53. The molecule has 2 rings (SSSR count). The Morgan fingerprint density at radius 2 is 2.31 bits per heavy atom. The van der Waals surface area contributed by atoms with Crippen LogP contribution in [0.2, 0.25) is 0 Å². The first-order valence-electron chi connectivity index (χ1n) is 5.12. The standard InChI is InChI=1S/C13H13N3/c1-3-11-5-4-6-12(9-11)15-10(2)13-7-8-14-16-13/h1,4-10,15H,2H3,(H,14,16). The molecule has 1 aromatic heterocycles. The Labute approximate surface area is 94.9 Å². The van der Waals surface area contributed by atoms with E-state index in [1.54, 1.807) is 6.20 Å². The fraction of sp³-hybridized carbons (Fsp3) is 0.154. The smallest absolute Gasteiger partial charge is 0.0651 e. The molecule has 2 N–H and O–H groups in total. The number of hydrogen-bond donors (Lipinski definition) is 2. The second kappa shape index (κ2) is 4.54. The minimum Gasteiger partial charge on any atom is -0.377 e. The van der Waals surface area contributed by atoms with Crippen LogP contribution in [0.5, 0.6) is 0 Å². The predicted molar refractivity (Wildman–Crippen MR) is 65.0 cm³/mol. The van der Waals surface area contributed by atoms with Gasteiger partial charge in [-0.15, -0.1) is 6.42 Å². The third-order valence-corrected chi connectivity index (χ3v) is 2.40. The van der Waals surface area contributed by atoms with Crippen LogP contribution in [0.3, 0.4) is 0 Å². The second-order valence-corrected chi connectivity index (χ2v) is 3.60. The zero-order valence-corrected chi connectivity index (χ0v) is 9.07. The minimum atomic E-state index is 0.176. The number of anilines is 1. The molecule has 0 aliphatic carbocycles. The van der Waals surface area contributed by atoms with Crippen LogP contribution in [0.25, 0.3) is 0 Å². The van der Waals surface area contributed by atoms with Gasteiger partial charge in [0.15, 0.2) is 0 Å². The summed E-state index contributed by atoms with van der Waals surface area (Å²) in [5.74, 6) is 2.62. The number of benzene rings is 1. The van der Waals surface area contributed by atoms with Crippen molar-refractivity contribution in [1.82, 2.24) is 10.2 Å². The Bertz CT molecular complexity index is 494. The Hall–Kier alpha value is -2.21. The molecular formula is C13H13N3. The van der Waals surface area contributed by atoms with Crippen molar-refractivity contribution in [1.29, 1.82) is 0 Å². The van der Waals surface area contributed by atoms with E-state index in [1.165, 1.54) is 0 Å². The van der Waals surface area contributed by atoms with Gasteiger partial charge in [0.05, 0.1) is 11.7 Å². The van der Waals surface area contributed by atoms with E-state index in [0.29, 0.717) is 0 Å². The van der Waals surface area contributed by atoms with Gasteiger partial charge in [-0.1, -0.05) is 12.0 Å². The first-order valence-corrected chi connectivity index (χ1v) is 5.12. The lowest BCUT2D eigenvalue weighted by molar-refractivity contribution is 0.825. The van der Waals surface area contributed by atoms with Crippen LogP contribution in [-0.2, 0) is 0 Å². The van der Waals surface area contributed by atoms with E-state index in [1.807, 2.05) is 30.3 Å². The van der Waals surface area contributed by atoms with Gasteiger partial charge < -0.3 is 5.32 Å². The number of aromatic nitrogens is 2. The molecule has 0 spiro atoms. The van der Waals surface area contributed by atoms with Crippen LogP contribution in [0, 0.1) is 12.3 Å². The van der Waals surface area contributed by atoms with Crippen LogP contribution in [0.15, 0.2) is 36.5 Å². The van der Waals surface area contributed by atoms with Crippen LogP contribution >= 0.6 is 0 Å². The van der Waals surface area contributed by atoms with E-state index in [2.05, 4.69) is 28.4 Å². The molecule has 0 bridgehead atoms. The Morgan fingerprint density at radius 3 is 3.00 bits per heavy atom. The van der Waals surface area contributed by atoms with Crippen molar-refractivity contribution in [3.05, 3.63) is 47.8 Å². The molecule has 2 aromatic rings. The molecule has 0 saturated heterocycles. The maximum absolute atomic E-state index is 5.35. The van der Waals surface area contributed by atoms with Gasteiger partial charge in [-0.3, -0.25) is 5.10 Å². The molecule has 3 nitrogen and oxygen atoms in total. The number of rotatable bonds is 3. The van der Waals surface area contributed by atoms with E-state index in [-0.39, 0.29) is 6.04 Å². The summed E-state index contributed by atoms with van der Waals surface area (Å²) in [6.07, 6.45) is 7.09. The topological polar surface area (TPSA) is 40.7 Å². The number of hydrogen-bond acceptors (Lipinski definition) is 2. The van der Waals surface area contributed by atoms with Crippen molar-refractivity contribution in [2.75, 3.05) is 5.32 Å². The lowest BCUT2D eigenvalue weighted by Gasteiger charge is -2.13. The number of nitrogens with one attached hydrogen (secondary N) is 2. The maximum atomic E-state index is 5.35. The monoisotopic (exact) mass is 211 g/mol. The van der Waals surface area contributed by atoms with E-state index in [0.717, 1.165) is 16.9 Å². The molecular weight excluding hydrogens is 198 g/mol. The van der Waals surface area contributed by atoms with Crippen molar-refractivity contribution in [2.45, 2.75) is 13.0 Å². The van der Waals surface area contributed by atoms with E-state index >= 15 is 0 Å². The molecule has 0 aliphatic rings. The average molecular weight is 211 g/mol. The number of nitrogens with zero attached hydrogens (tertiary/aromatic N) is 1. The average Bonchev–Trinajstić information content (AvgIpc) is 2.83. The van der Waals surface area contributed by atoms with E-state index in [9.17, 15) is 0 Å². The lowest BCUT2D eigenvalue weighted by atomic mass is 10.2. The summed E-state index contributed by atoms with van der Waals surface area (Å²) in [6, 6.07) is 9.92. The van der Waals surface area contributed by atoms with Gasteiger partial charge in [-0.05, 0) is 31.2 Å². The lowest BCUT2D eigenvalue weighted by Crippen LogP contribution is -2.07. The highest BCUT2D eigenvalue weighted by Crippen LogP contribution is 2.17. The van der Waals surface area contributed by atoms with E-state index in [4.69, 9.17) is 6.42 Å². The first kappa shape index (κ1) is 10.3. The molecule has 1 heterocycles. The minimum absolute atomic E-state index is 0.176. The number of aromatic amines is 1. The Kier molecular flexibility index (Phi) is 2.93. The van der Waals surface area contributed by atoms with Gasteiger partial charge in [0.2, 0.25) is 0 Å². The summed E-state index contributed by atoms with van der Waals surface area (Å²) in [6.45, 7) is 2.07. The summed E-state index contributed by atoms with van der Waals surface area (Å²) < 4.78 is 0. The summed E-state index contributed by atoms with van der Waals surface area (Å²) >= 11 is 0. The van der Waals surface area contributed by atoms with Crippen molar-refractivity contribution in [3.63, 3.8) is 0 Å². The predicted octanol–water partition coefficient (Wildman–Crippen LogP) is 2.56. The van der Waals surface area contributed by atoms with Crippen LogP contribution < -0.4 is 5.32 Å². The quantitative estimate of drug-likeness (QED) is 0.766. The van der Waals surface area contributed by atoms with Crippen molar-refractivity contribution in [2.24, 2.45) is 0 Å². The molecule has 1 atom stereocenters. The zero-order chi connectivity index (χ0) is 11.4. The summed E-state index contributed by atoms with van der Waals surface area (Å²) in [7, 11) is 0. The highest BCUT2D eigenvalue weighted by atomic mass is 15.1. The van der Waals surface area contributed by atoms with Gasteiger partial charge >= 0.3 is 0 Å². The van der Waals surface area contributed by atoms with Crippen molar-refractivity contribution < 1.29 is 0 Å². The van der Waals surface area contributed by atoms with Gasteiger partial charge in [0.1, 0.15) is 0 Å². The molecule has 0 radical (unpaired) electrons. The van der Waals surface area contributed by atoms with E-state index < -0.39 is 0 Å². The molecule has 16 heavy (non-hydrogen) atoms. The fourth-order valence-electron chi connectivity index (χ4n) is 1.53. The van der Waals surface area contributed by atoms with Crippen LogP contribution in [0.4, 0.5) is 5.69 Å². The van der Waals surface area contributed by atoms with Gasteiger partial charge in [0, 0.05) is 17.4 Å². The Morgan fingerprint density at radius 1 is 1.44 bits per heavy atom. The number of terminal acetylenes is 1. The normalized spacial score (nSPS) is 11.8. The van der Waals surface area contributed by atoms with Crippen molar-refractivity contribution in [3.8, 4) is 12.3 Å². The summed E-state index contributed by atoms with van der Waals surface area (Å²) in [5.41, 5.74) is 2.94. The molecule has 1 aromatic carbocycles. The number of H-pyrrole nitrogens is 1. The maximum Gasteiger partial charge on any atom is 0.0651 e. The third kappa shape index (κ3) is 2.23. The third-order valence-electron chi connectivity index (χ3n) is 2.40. The molecule has 0 aliphatic heterocycles. The largest absolute Gasteiger partial charge is 0.377 e. The summed E-state index contributed by atoms with van der Waals surface area (Å²) in [5, 5.41) is 10.2. The summed E-state index contributed by atoms with van der Waals surface area (Å²) in [4.78, 5) is 0. The molecule has 0 fully saturated rings. The van der Waals surface area contributed by atoms with Gasteiger partial charge in [-0.25, -0.2) is 0 Å². The zero-order valence-electron chi connectivity index (χ0n) is 9.07. The van der Waals surface area contributed by atoms with Gasteiger partial charge in [0.25, 0.3) is 0 Å². The molecule has 3 heteroatoms. The first-order chi connectivity index (χ1) is 7.79. The second-order valence-electron chi connectivity index (χ2n) is 3.60. The SMILES string of the molecule is C#Cc1cccc(NC(C)c2ccn[nH]2)c1.